The van der Waals surface area contributed by atoms with E-state index in [1.165, 1.54) is 0 Å². The number of carbonyl (C=O) groups excluding carboxylic acids is 1. The summed E-state index contributed by atoms with van der Waals surface area (Å²) >= 11 is 2.24. The minimum absolute atomic E-state index is 0. The molecule has 0 spiro atoms. The zero-order valence-corrected chi connectivity index (χ0v) is 13.1. The normalized spacial score (nSPS) is 19.0. The zero-order chi connectivity index (χ0) is 12.3. The van der Waals surface area contributed by atoms with E-state index in [4.69, 9.17) is 0 Å². The molecule has 0 aliphatic carbocycles. The first-order valence-electron chi connectivity index (χ1n) is 5.70. The van der Waals surface area contributed by atoms with Gasteiger partial charge in [0, 0.05) is 34.9 Å². The number of hydrogen-bond acceptors (Lipinski definition) is 2. The maximum absolute atomic E-state index is 12.0. The third-order valence-corrected chi connectivity index (χ3v) is 3.47. The number of carbonyl (C=O) groups is 1. The van der Waals surface area contributed by atoms with Crippen LogP contribution in [-0.4, -0.2) is 36.6 Å². The van der Waals surface area contributed by atoms with Crippen LogP contribution in [0.1, 0.15) is 6.92 Å². The van der Waals surface area contributed by atoms with Crippen molar-refractivity contribution in [2.45, 2.75) is 13.0 Å². The highest BCUT2D eigenvalue weighted by molar-refractivity contribution is 14.1. The fraction of sp³-hybridized carbons (Fsp3) is 0.417. The average Bonchev–Trinajstić information content (AvgIpc) is 2.32. The maximum atomic E-state index is 12.0. The molecule has 4 nitrogen and oxygen atoms in total. The summed E-state index contributed by atoms with van der Waals surface area (Å²) in [6.45, 7) is 4.47. The largest absolute Gasteiger partial charge is 0.322 e. The summed E-state index contributed by atoms with van der Waals surface area (Å²) in [5, 5.41) is 6.23. The van der Waals surface area contributed by atoms with Gasteiger partial charge >= 0.3 is 6.03 Å². The molecule has 0 radical (unpaired) electrons. The lowest BCUT2D eigenvalue weighted by Crippen LogP contribution is -2.52. The van der Waals surface area contributed by atoms with Crippen LogP contribution >= 0.6 is 35.0 Å². The highest BCUT2D eigenvalue weighted by Gasteiger charge is 2.20. The van der Waals surface area contributed by atoms with Crippen molar-refractivity contribution in [3.8, 4) is 0 Å². The molecule has 6 heteroatoms. The van der Waals surface area contributed by atoms with Crippen molar-refractivity contribution in [2.24, 2.45) is 0 Å². The molecule has 1 aliphatic rings. The predicted molar refractivity (Wildman–Crippen MR) is 84.5 cm³/mol. The van der Waals surface area contributed by atoms with Crippen LogP contribution in [0.5, 0.6) is 0 Å². The highest BCUT2D eigenvalue weighted by atomic mass is 127. The monoisotopic (exact) mass is 381 g/mol. The first-order valence-corrected chi connectivity index (χ1v) is 6.78. The Morgan fingerprint density at radius 2 is 2.11 bits per heavy atom. The lowest BCUT2D eigenvalue weighted by Gasteiger charge is -2.31. The average molecular weight is 382 g/mol. The van der Waals surface area contributed by atoms with Crippen molar-refractivity contribution in [2.75, 3.05) is 25.0 Å². The van der Waals surface area contributed by atoms with E-state index in [9.17, 15) is 4.79 Å². The molecular weight excluding hydrogens is 365 g/mol. The molecule has 0 aromatic heterocycles. The molecule has 0 bridgehead atoms. The van der Waals surface area contributed by atoms with Crippen LogP contribution < -0.4 is 10.6 Å². The van der Waals surface area contributed by atoms with Gasteiger partial charge in [-0.05, 0) is 53.8 Å². The second kappa shape index (κ2) is 7.16. The van der Waals surface area contributed by atoms with Gasteiger partial charge in [-0.1, -0.05) is 0 Å². The molecule has 2 N–H and O–H groups in total. The zero-order valence-electron chi connectivity index (χ0n) is 10.1. The first kappa shape index (κ1) is 15.5. The summed E-state index contributed by atoms with van der Waals surface area (Å²) in [7, 11) is 0. The Bertz CT molecular complexity index is 399. The van der Waals surface area contributed by atoms with E-state index in [2.05, 4.69) is 40.1 Å². The molecule has 0 saturated carbocycles. The topological polar surface area (TPSA) is 44.4 Å². The predicted octanol–water partition coefficient (Wildman–Crippen LogP) is 2.54. The molecule has 2 rings (SSSR count). The quantitative estimate of drug-likeness (QED) is 0.734. The number of nitrogens with one attached hydrogen (secondary N) is 2. The maximum Gasteiger partial charge on any atom is 0.321 e. The Hall–Kier alpha value is -0.530. The van der Waals surface area contributed by atoms with Gasteiger partial charge in [-0.15, -0.1) is 12.4 Å². The lowest BCUT2D eigenvalue weighted by molar-refractivity contribution is 0.192. The summed E-state index contributed by atoms with van der Waals surface area (Å²) in [6.07, 6.45) is 0. The van der Waals surface area contributed by atoms with Gasteiger partial charge in [0.1, 0.15) is 0 Å². The van der Waals surface area contributed by atoms with E-state index in [-0.39, 0.29) is 18.4 Å². The molecule has 1 heterocycles. The number of benzene rings is 1. The van der Waals surface area contributed by atoms with Gasteiger partial charge in [0.25, 0.3) is 0 Å². The minimum Gasteiger partial charge on any atom is -0.322 e. The third-order valence-electron chi connectivity index (χ3n) is 2.75. The Labute approximate surface area is 127 Å². The molecule has 1 aromatic carbocycles. The second-order valence-electron chi connectivity index (χ2n) is 4.24. The molecular formula is C12H17ClIN3O. The van der Waals surface area contributed by atoms with E-state index >= 15 is 0 Å². The molecule has 2 amide bonds. The third kappa shape index (κ3) is 4.29. The van der Waals surface area contributed by atoms with Crippen molar-refractivity contribution >= 4 is 46.7 Å². The van der Waals surface area contributed by atoms with Crippen molar-refractivity contribution in [1.82, 2.24) is 10.2 Å². The van der Waals surface area contributed by atoms with Gasteiger partial charge in [-0.25, -0.2) is 4.79 Å². The van der Waals surface area contributed by atoms with Gasteiger partial charge in [0.15, 0.2) is 0 Å². The number of urea groups is 1. The van der Waals surface area contributed by atoms with E-state index in [0.29, 0.717) is 6.04 Å². The summed E-state index contributed by atoms with van der Waals surface area (Å²) in [5.41, 5.74) is 0.849. The standard InChI is InChI=1S/C12H16IN3O.ClH/c1-9-8-16(7-6-14-9)12(17)15-11-4-2-10(13)3-5-11;/h2-5,9,14H,6-8H2,1H3,(H,15,17);1H/t9-;/m0./s1. The van der Waals surface area contributed by atoms with Crippen LogP contribution in [0.15, 0.2) is 24.3 Å². The Kier molecular flexibility index (Phi) is 6.17. The summed E-state index contributed by atoms with van der Waals surface area (Å²) in [5.74, 6) is 0. The van der Waals surface area contributed by atoms with E-state index in [0.717, 1.165) is 28.9 Å². The van der Waals surface area contributed by atoms with Crippen molar-refractivity contribution in [1.29, 1.82) is 0 Å². The van der Waals surface area contributed by atoms with Crippen molar-refractivity contribution < 1.29 is 4.79 Å². The van der Waals surface area contributed by atoms with Gasteiger partial charge in [0.2, 0.25) is 0 Å². The first-order chi connectivity index (χ1) is 8.15. The molecule has 1 atom stereocenters. The van der Waals surface area contributed by atoms with E-state index in [1.54, 1.807) is 0 Å². The van der Waals surface area contributed by atoms with Crippen LogP contribution in [0.3, 0.4) is 0 Å². The Balaban J connectivity index is 0.00000162. The number of amides is 2. The number of piperazine rings is 1. The number of anilines is 1. The molecule has 1 aromatic rings. The van der Waals surface area contributed by atoms with Crippen LogP contribution in [0, 0.1) is 3.57 Å². The van der Waals surface area contributed by atoms with E-state index < -0.39 is 0 Å². The molecule has 18 heavy (non-hydrogen) atoms. The number of hydrogen-bond donors (Lipinski definition) is 2. The summed E-state index contributed by atoms with van der Waals surface area (Å²) < 4.78 is 1.16. The highest BCUT2D eigenvalue weighted by Crippen LogP contribution is 2.12. The Morgan fingerprint density at radius 3 is 2.72 bits per heavy atom. The van der Waals surface area contributed by atoms with Crippen molar-refractivity contribution in [3.05, 3.63) is 27.8 Å². The molecule has 100 valence electrons. The fourth-order valence-corrected chi connectivity index (χ4v) is 2.21. The minimum atomic E-state index is -0.0143. The smallest absolute Gasteiger partial charge is 0.321 e. The second-order valence-corrected chi connectivity index (χ2v) is 5.48. The summed E-state index contributed by atoms with van der Waals surface area (Å²) in [6, 6.07) is 8.16. The van der Waals surface area contributed by atoms with Gasteiger partial charge in [-0.3, -0.25) is 0 Å². The van der Waals surface area contributed by atoms with Crippen molar-refractivity contribution in [3.63, 3.8) is 0 Å². The van der Waals surface area contributed by atoms with Gasteiger partial charge in [-0.2, -0.15) is 0 Å². The van der Waals surface area contributed by atoms with Crippen LogP contribution in [0.25, 0.3) is 0 Å². The van der Waals surface area contributed by atoms with E-state index in [1.807, 2.05) is 29.2 Å². The molecule has 1 saturated heterocycles. The lowest BCUT2D eigenvalue weighted by atomic mass is 10.2. The van der Waals surface area contributed by atoms with Crippen LogP contribution in [0.2, 0.25) is 0 Å². The fourth-order valence-electron chi connectivity index (χ4n) is 1.85. The summed E-state index contributed by atoms with van der Waals surface area (Å²) in [4.78, 5) is 13.8. The molecule has 1 fully saturated rings. The Morgan fingerprint density at radius 1 is 1.44 bits per heavy atom. The van der Waals surface area contributed by atoms with Crippen LogP contribution in [0.4, 0.5) is 10.5 Å². The molecule has 1 aliphatic heterocycles. The van der Waals surface area contributed by atoms with Gasteiger partial charge in [0.05, 0.1) is 0 Å². The SMILES string of the molecule is C[C@H]1CN(C(=O)Nc2ccc(I)cc2)CCN1.Cl. The van der Waals surface area contributed by atoms with Crippen LogP contribution in [-0.2, 0) is 0 Å². The molecule has 0 unspecified atom stereocenters. The van der Waals surface area contributed by atoms with Gasteiger partial charge < -0.3 is 15.5 Å². The number of halogens is 2. The number of rotatable bonds is 1. The number of nitrogens with zero attached hydrogens (tertiary/aromatic N) is 1.